The fourth-order valence-corrected chi connectivity index (χ4v) is 15.4. The molecule has 0 aromatic heterocycles. The molecule has 0 aliphatic carbocycles. The Balaban J connectivity index is 5.25. The number of carbonyl (C=O) groups is 4. The molecular formula is C89H174O17P2. The molecule has 0 aliphatic heterocycles. The van der Waals surface area contributed by atoms with E-state index in [4.69, 9.17) is 37.0 Å². The molecule has 0 aromatic carbocycles. The lowest BCUT2D eigenvalue weighted by Crippen LogP contribution is -2.30. The van der Waals surface area contributed by atoms with Gasteiger partial charge in [0.05, 0.1) is 26.4 Å². The number of ether oxygens (including phenoxy) is 4. The Bertz CT molecular complexity index is 2080. The van der Waals surface area contributed by atoms with Gasteiger partial charge >= 0.3 is 39.5 Å². The van der Waals surface area contributed by atoms with E-state index >= 15 is 0 Å². The summed E-state index contributed by atoms with van der Waals surface area (Å²) in [5, 5.41) is 10.7. The van der Waals surface area contributed by atoms with Crippen LogP contribution in [0.5, 0.6) is 0 Å². The molecule has 6 atom stereocenters. The Morgan fingerprint density at radius 1 is 0.269 bits per heavy atom. The van der Waals surface area contributed by atoms with Crippen molar-refractivity contribution in [1.82, 2.24) is 0 Å². The van der Waals surface area contributed by atoms with Crippen LogP contribution in [0.4, 0.5) is 0 Å². The summed E-state index contributed by atoms with van der Waals surface area (Å²) in [4.78, 5) is 73.3. The monoisotopic (exact) mass is 1580 g/mol. The standard InChI is InChI=1S/C89H174O17P2/c1-8-10-11-12-13-14-15-16-23-31-36-43-51-58-65-72-88(93)106-85(77-100-87(92)71-64-57-50-45-38-40-47-54-61-68-81(5)6)79-104-108(97,98)102-75-83(90)74-101-107(95,96)103-78-84(76-99-86(91)70-63-56-49-42-35-30-26-22-21-24-28-33-39-46-53-60-67-80(3)4)105-89(94)73-66-59-52-44-37-32-27-20-18-17-19-25-29-34-41-48-55-62-69-82(7)9-2/h80-85,90H,8-79H2,1-7H3,(H,95,96)(H,97,98)/t82?,83-,84-,85-/m1/s1. The normalized spacial score (nSPS) is 14.1. The molecule has 19 heteroatoms. The molecule has 0 amide bonds. The van der Waals surface area contributed by atoms with Crippen molar-refractivity contribution in [2.75, 3.05) is 39.6 Å². The van der Waals surface area contributed by atoms with E-state index in [0.29, 0.717) is 25.7 Å². The minimum Gasteiger partial charge on any atom is -0.462 e. The maximum atomic E-state index is 13.2. The van der Waals surface area contributed by atoms with Gasteiger partial charge in [0.25, 0.3) is 0 Å². The van der Waals surface area contributed by atoms with Gasteiger partial charge in [0, 0.05) is 25.7 Å². The maximum Gasteiger partial charge on any atom is 0.472 e. The number of hydrogen-bond acceptors (Lipinski definition) is 15. The Morgan fingerprint density at radius 3 is 0.704 bits per heavy atom. The van der Waals surface area contributed by atoms with Gasteiger partial charge in [-0.2, -0.15) is 0 Å². The van der Waals surface area contributed by atoms with Crippen molar-refractivity contribution in [3.05, 3.63) is 0 Å². The zero-order valence-electron chi connectivity index (χ0n) is 71.3. The molecular weight excluding hydrogens is 1400 g/mol. The first-order valence-electron chi connectivity index (χ1n) is 45.9. The van der Waals surface area contributed by atoms with E-state index in [9.17, 15) is 43.2 Å². The Kier molecular flexibility index (Phi) is 77.5. The van der Waals surface area contributed by atoms with Crippen LogP contribution in [0.3, 0.4) is 0 Å². The fraction of sp³-hybridized carbons (Fsp3) is 0.955. The van der Waals surface area contributed by atoms with Crippen molar-refractivity contribution in [2.24, 2.45) is 17.8 Å². The Labute approximate surface area is 664 Å². The summed E-state index contributed by atoms with van der Waals surface area (Å²) in [7, 11) is -9.93. The van der Waals surface area contributed by atoms with Gasteiger partial charge < -0.3 is 33.8 Å². The van der Waals surface area contributed by atoms with E-state index in [1.807, 2.05) is 0 Å². The largest absolute Gasteiger partial charge is 0.472 e. The highest BCUT2D eigenvalue weighted by Gasteiger charge is 2.31. The van der Waals surface area contributed by atoms with Crippen LogP contribution < -0.4 is 0 Å². The van der Waals surface area contributed by atoms with Crippen LogP contribution in [0, 0.1) is 17.8 Å². The van der Waals surface area contributed by atoms with Crippen LogP contribution in [0.15, 0.2) is 0 Å². The van der Waals surface area contributed by atoms with Gasteiger partial charge in [-0.1, -0.05) is 421 Å². The maximum absolute atomic E-state index is 13.2. The molecule has 0 fully saturated rings. The predicted molar refractivity (Wildman–Crippen MR) is 446 cm³/mol. The summed E-state index contributed by atoms with van der Waals surface area (Å²) in [6.45, 7) is 12.1. The number of aliphatic hydroxyl groups excluding tert-OH is 1. The van der Waals surface area contributed by atoms with Crippen molar-refractivity contribution in [1.29, 1.82) is 0 Å². The highest BCUT2D eigenvalue weighted by molar-refractivity contribution is 7.47. The van der Waals surface area contributed by atoms with Crippen LogP contribution >= 0.6 is 15.6 Å². The molecule has 0 bridgehead atoms. The van der Waals surface area contributed by atoms with E-state index in [1.165, 1.54) is 283 Å². The Hall–Kier alpha value is -1.94. The Morgan fingerprint density at radius 2 is 0.472 bits per heavy atom. The number of unbranched alkanes of at least 4 members (excludes halogenated alkanes) is 54. The number of rotatable bonds is 87. The number of carbonyl (C=O) groups excluding carboxylic acids is 4. The van der Waals surface area contributed by atoms with Gasteiger partial charge in [0.2, 0.25) is 0 Å². The van der Waals surface area contributed by atoms with Crippen LogP contribution in [0.1, 0.15) is 472 Å². The number of aliphatic hydroxyl groups is 1. The second-order valence-corrected chi connectivity index (χ2v) is 36.1. The number of hydrogen-bond donors (Lipinski definition) is 3. The first-order chi connectivity index (χ1) is 52.3. The molecule has 0 radical (unpaired) electrons. The van der Waals surface area contributed by atoms with Crippen molar-refractivity contribution in [2.45, 2.75) is 491 Å². The van der Waals surface area contributed by atoms with Crippen molar-refractivity contribution in [3.8, 4) is 0 Å². The lowest BCUT2D eigenvalue weighted by molar-refractivity contribution is -0.161. The van der Waals surface area contributed by atoms with Crippen molar-refractivity contribution >= 4 is 39.5 Å². The van der Waals surface area contributed by atoms with Crippen LogP contribution in [0.25, 0.3) is 0 Å². The lowest BCUT2D eigenvalue weighted by atomic mass is 9.99. The first kappa shape index (κ1) is 106. The first-order valence-corrected chi connectivity index (χ1v) is 48.9. The molecule has 3 unspecified atom stereocenters. The molecule has 0 rings (SSSR count). The molecule has 0 aliphatic rings. The summed E-state index contributed by atoms with van der Waals surface area (Å²) in [6.07, 6.45) is 70.8. The van der Waals surface area contributed by atoms with Crippen molar-refractivity contribution < 1.29 is 80.2 Å². The molecule has 108 heavy (non-hydrogen) atoms. The second kappa shape index (κ2) is 78.9. The SMILES string of the molecule is CCCCCCCCCCCCCCCCCC(=O)O[C@H](COC(=O)CCCCCCCCCCCC(C)C)COP(=O)(O)OC[C@H](O)COP(=O)(O)OC[C@@H](COC(=O)CCCCCCCCCCCCCCCCCCC(C)C)OC(=O)CCCCCCCCCCCCCCCCCCCCC(C)CC. The average molecular weight is 1580 g/mol. The summed E-state index contributed by atoms with van der Waals surface area (Å²) >= 11 is 0. The van der Waals surface area contributed by atoms with Crippen molar-refractivity contribution in [3.63, 3.8) is 0 Å². The van der Waals surface area contributed by atoms with Crippen LogP contribution in [-0.2, 0) is 65.4 Å². The molecule has 0 saturated carbocycles. The van der Waals surface area contributed by atoms with Gasteiger partial charge in [-0.15, -0.1) is 0 Å². The summed E-state index contributed by atoms with van der Waals surface area (Å²) in [5.74, 6) is 0.328. The van der Waals surface area contributed by atoms with Gasteiger partial charge in [0.1, 0.15) is 19.3 Å². The quantitative estimate of drug-likeness (QED) is 0.0222. The predicted octanol–water partition coefficient (Wildman–Crippen LogP) is 27.3. The third kappa shape index (κ3) is 80.7. The third-order valence-electron chi connectivity index (χ3n) is 21.2. The fourth-order valence-electron chi connectivity index (χ4n) is 13.9. The highest BCUT2D eigenvalue weighted by Crippen LogP contribution is 2.45. The van der Waals surface area contributed by atoms with Gasteiger partial charge in [-0.05, 0) is 43.4 Å². The van der Waals surface area contributed by atoms with E-state index in [1.54, 1.807) is 0 Å². The molecule has 0 saturated heterocycles. The molecule has 0 aromatic rings. The minimum absolute atomic E-state index is 0.108. The molecule has 0 heterocycles. The summed E-state index contributed by atoms with van der Waals surface area (Å²) < 4.78 is 69.0. The zero-order valence-corrected chi connectivity index (χ0v) is 73.1. The van der Waals surface area contributed by atoms with E-state index in [2.05, 4.69) is 48.5 Å². The van der Waals surface area contributed by atoms with Gasteiger partial charge in [-0.3, -0.25) is 37.3 Å². The number of phosphoric acid groups is 2. The third-order valence-corrected chi connectivity index (χ3v) is 23.1. The summed E-state index contributed by atoms with van der Waals surface area (Å²) in [5.41, 5.74) is 0. The van der Waals surface area contributed by atoms with Gasteiger partial charge in [0.15, 0.2) is 12.2 Å². The smallest absolute Gasteiger partial charge is 0.462 e. The number of phosphoric ester groups is 2. The molecule has 3 N–H and O–H groups in total. The van der Waals surface area contributed by atoms with Crippen LogP contribution in [-0.4, -0.2) is 96.7 Å². The highest BCUT2D eigenvalue weighted by atomic mass is 31.2. The van der Waals surface area contributed by atoms with E-state index in [-0.39, 0.29) is 25.7 Å². The average Bonchev–Trinajstić information content (AvgIpc) is 0.897. The van der Waals surface area contributed by atoms with Gasteiger partial charge in [-0.25, -0.2) is 9.13 Å². The number of esters is 4. The second-order valence-electron chi connectivity index (χ2n) is 33.2. The molecule has 642 valence electrons. The molecule has 0 spiro atoms. The van der Waals surface area contributed by atoms with E-state index < -0.39 is 97.5 Å². The summed E-state index contributed by atoms with van der Waals surface area (Å²) in [6, 6.07) is 0. The lowest BCUT2D eigenvalue weighted by Gasteiger charge is -2.21. The van der Waals surface area contributed by atoms with E-state index in [0.717, 1.165) is 108 Å². The minimum atomic E-state index is -4.97. The molecule has 17 nitrogen and oxygen atoms in total. The topological polar surface area (TPSA) is 237 Å². The van der Waals surface area contributed by atoms with Crippen LogP contribution in [0.2, 0.25) is 0 Å². The zero-order chi connectivity index (χ0) is 79.3.